The maximum atomic E-state index is 2.55. The van der Waals surface area contributed by atoms with Crippen LogP contribution >= 0.6 is 0 Å². The van der Waals surface area contributed by atoms with E-state index < -0.39 is 10.8 Å². The van der Waals surface area contributed by atoms with Gasteiger partial charge in [-0.3, -0.25) is 0 Å². The van der Waals surface area contributed by atoms with E-state index in [1.165, 1.54) is 111 Å². The van der Waals surface area contributed by atoms with Crippen molar-refractivity contribution in [1.82, 2.24) is 0 Å². The first-order valence-electron chi connectivity index (χ1n) is 26.9. The number of nitrogens with zero attached hydrogens (tertiary/aromatic N) is 1. The Kier molecular flexibility index (Phi) is 11.4. The van der Waals surface area contributed by atoms with Crippen molar-refractivity contribution in [3.8, 4) is 33.4 Å². The predicted octanol–water partition coefficient (Wildman–Crippen LogP) is 19.4. The molecule has 0 saturated carbocycles. The van der Waals surface area contributed by atoms with E-state index >= 15 is 0 Å². The topological polar surface area (TPSA) is 3.24 Å². The molecule has 2 aliphatic carbocycles. The molecule has 1 nitrogen and oxygen atoms in total. The first-order chi connectivity index (χ1) is 36.1. The Morgan fingerprint density at radius 2 is 0.667 bits per heavy atom. The molecular weight excluding hydrogens is 903 g/mol. The van der Waals surface area contributed by atoms with Gasteiger partial charge in [0.2, 0.25) is 0 Å². The Morgan fingerprint density at radius 1 is 0.307 bits per heavy atom. The summed E-state index contributed by atoms with van der Waals surface area (Å²) in [5.74, 6) is 0. The summed E-state index contributed by atoms with van der Waals surface area (Å²) in [5, 5.41) is 0. The van der Waals surface area contributed by atoms with Crippen LogP contribution in [0.3, 0.4) is 0 Å². The standard InChI is InChI=1S/C74H67N/c1-48-41-49(2)43-52(42-48)70-50(3)44-61(45-51(70)4)75(59-37-39-64-62-25-17-19-27-66(62)73(68(64)46-59,55-21-13-11-14-22-55)57-33-29-53(30-34-57)71(5,6)7)60-38-40-65-63-26-18-20-28-67(63)74(69(65)47-60,56-23-15-12-16-24-56)58-35-31-54(32-36-58)72(8,9)10/h11-47H,1-10H3. The fourth-order valence-corrected chi connectivity index (χ4v) is 13.3. The second-order valence-electron chi connectivity index (χ2n) is 23.6. The number of anilines is 3. The molecule has 2 aliphatic rings. The summed E-state index contributed by atoms with van der Waals surface area (Å²) in [5.41, 5.74) is 27.8. The Balaban J connectivity index is 1.15. The van der Waals surface area contributed by atoms with Gasteiger partial charge in [0.15, 0.2) is 0 Å². The quantitative estimate of drug-likeness (QED) is 0.147. The molecule has 0 heterocycles. The number of rotatable bonds is 8. The summed E-state index contributed by atoms with van der Waals surface area (Å²) in [4.78, 5) is 2.55. The van der Waals surface area contributed by atoms with Crippen LogP contribution in [-0.2, 0) is 21.7 Å². The number of aryl methyl sites for hydroxylation is 4. The van der Waals surface area contributed by atoms with E-state index in [1.54, 1.807) is 0 Å². The monoisotopic (exact) mass is 970 g/mol. The zero-order valence-electron chi connectivity index (χ0n) is 45.3. The molecule has 0 aliphatic heterocycles. The van der Waals surface area contributed by atoms with Gasteiger partial charge < -0.3 is 4.90 Å². The lowest BCUT2D eigenvalue weighted by Crippen LogP contribution is -2.29. The van der Waals surface area contributed by atoms with Gasteiger partial charge in [0.1, 0.15) is 0 Å². The van der Waals surface area contributed by atoms with Crippen LogP contribution in [0.25, 0.3) is 33.4 Å². The van der Waals surface area contributed by atoms with E-state index in [2.05, 4.69) is 299 Å². The van der Waals surface area contributed by atoms with Crippen LogP contribution in [0.15, 0.2) is 224 Å². The Hall–Kier alpha value is -8.00. The fourth-order valence-electron chi connectivity index (χ4n) is 13.3. The summed E-state index contributed by atoms with van der Waals surface area (Å²) in [7, 11) is 0. The molecule has 0 spiro atoms. The van der Waals surface area contributed by atoms with E-state index in [-0.39, 0.29) is 10.8 Å². The third-order valence-electron chi connectivity index (χ3n) is 16.6. The van der Waals surface area contributed by atoms with Crippen molar-refractivity contribution >= 4 is 17.1 Å². The van der Waals surface area contributed by atoms with E-state index in [9.17, 15) is 0 Å². The minimum absolute atomic E-state index is 0.0206. The molecule has 75 heavy (non-hydrogen) atoms. The molecule has 2 atom stereocenters. The van der Waals surface area contributed by atoms with Gasteiger partial charge in [0, 0.05) is 17.1 Å². The Labute approximate surface area is 446 Å². The number of fused-ring (bicyclic) bond motifs is 6. The molecular formula is C74H67N. The van der Waals surface area contributed by atoms with Gasteiger partial charge >= 0.3 is 0 Å². The molecule has 10 aromatic carbocycles. The first kappa shape index (κ1) is 48.0. The van der Waals surface area contributed by atoms with Crippen LogP contribution in [0.5, 0.6) is 0 Å². The minimum Gasteiger partial charge on any atom is -0.310 e. The predicted molar refractivity (Wildman–Crippen MR) is 318 cm³/mol. The lowest BCUT2D eigenvalue weighted by Gasteiger charge is -2.36. The van der Waals surface area contributed by atoms with Crippen molar-refractivity contribution in [2.24, 2.45) is 0 Å². The van der Waals surface area contributed by atoms with Crippen molar-refractivity contribution in [1.29, 1.82) is 0 Å². The average Bonchev–Trinajstić information content (AvgIpc) is 3.92. The highest BCUT2D eigenvalue weighted by Gasteiger charge is 2.48. The first-order valence-corrected chi connectivity index (χ1v) is 26.9. The molecule has 0 aromatic heterocycles. The number of hydrogen-bond donors (Lipinski definition) is 0. The maximum Gasteiger partial charge on any atom is 0.0714 e. The van der Waals surface area contributed by atoms with Gasteiger partial charge in [-0.2, -0.15) is 0 Å². The smallest absolute Gasteiger partial charge is 0.0714 e. The third kappa shape index (κ3) is 7.65. The van der Waals surface area contributed by atoms with Gasteiger partial charge in [0.25, 0.3) is 0 Å². The largest absolute Gasteiger partial charge is 0.310 e. The van der Waals surface area contributed by atoms with Crippen molar-refractivity contribution in [3.63, 3.8) is 0 Å². The normalized spacial score (nSPS) is 16.5. The maximum absolute atomic E-state index is 2.55. The highest BCUT2D eigenvalue weighted by molar-refractivity contribution is 5.93. The SMILES string of the molecule is Cc1cc(C)cc(-c2c(C)cc(N(c3ccc4c(c3)C(c3ccccc3)(c3ccc(C(C)(C)C)cc3)c3ccccc3-4)c3ccc4c(c3)C(c3ccccc3)(c3ccc(C(C)(C)C)cc3)c3ccccc3-4)cc2C)c1. The van der Waals surface area contributed by atoms with Crippen LogP contribution in [-0.4, -0.2) is 0 Å². The second kappa shape index (κ2) is 17.8. The van der Waals surface area contributed by atoms with Crippen LogP contribution in [0, 0.1) is 27.7 Å². The average molecular weight is 970 g/mol. The molecule has 10 aromatic rings. The molecule has 2 unspecified atom stereocenters. The molecule has 0 saturated heterocycles. The van der Waals surface area contributed by atoms with Crippen molar-refractivity contribution < 1.29 is 0 Å². The number of benzene rings is 10. The van der Waals surface area contributed by atoms with Gasteiger partial charge in [-0.25, -0.2) is 0 Å². The molecule has 1 heteroatoms. The highest BCUT2D eigenvalue weighted by Crippen LogP contribution is 2.60. The van der Waals surface area contributed by atoms with Crippen LogP contribution < -0.4 is 4.90 Å². The molecule has 0 N–H and O–H groups in total. The zero-order chi connectivity index (χ0) is 52.0. The molecule has 0 amide bonds. The lowest BCUT2D eigenvalue weighted by molar-refractivity contribution is 0.589. The van der Waals surface area contributed by atoms with E-state index in [4.69, 9.17) is 0 Å². The second-order valence-corrected chi connectivity index (χ2v) is 23.6. The molecule has 12 rings (SSSR count). The van der Waals surface area contributed by atoms with E-state index in [0.717, 1.165) is 17.1 Å². The zero-order valence-corrected chi connectivity index (χ0v) is 45.3. The number of hydrogen-bond acceptors (Lipinski definition) is 1. The van der Waals surface area contributed by atoms with Gasteiger partial charge in [-0.15, -0.1) is 0 Å². The third-order valence-corrected chi connectivity index (χ3v) is 16.6. The Morgan fingerprint density at radius 3 is 1.07 bits per heavy atom. The summed E-state index contributed by atoms with van der Waals surface area (Å²) < 4.78 is 0. The molecule has 368 valence electrons. The summed E-state index contributed by atoms with van der Waals surface area (Å²) >= 11 is 0. The summed E-state index contributed by atoms with van der Waals surface area (Å²) in [6, 6.07) is 86.1. The van der Waals surface area contributed by atoms with E-state index in [1.807, 2.05) is 0 Å². The van der Waals surface area contributed by atoms with Gasteiger partial charge in [-0.1, -0.05) is 241 Å². The van der Waals surface area contributed by atoms with E-state index in [0.29, 0.717) is 0 Å². The fraction of sp³-hybridized carbons (Fsp3) is 0.189. The molecule has 0 fully saturated rings. The van der Waals surface area contributed by atoms with Crippen LogP contribution in [0.2, 0.25) is 0 Å². The highest BCUT2D eigenvalue weighted by atomic mass is 15.1. The molecule has 0 radical (unpaired) electrons. The summed E-state index contributed by atoms with van der Waals surface area (Å²) in [6.07, 6.45) is 0. The summed E-state index contributed by atoms with van der Waals surface area (Å²) in [6.45, 7) is 22.8. The van der Waals surface area contributed by atoms with Crippen molar-refractivity contribution in [2.45, 2.75) is 90.9 Å². The lowest BCUT2D eigenvalue weighted by atomic mass is 9.67. The molecule has 0 bridgehead atoms. The van der Waals surface area contributed by atoms with Crippen LogP contribution in [0.1, 0.15) is 119 Å². The van der Waals surface area contributed by atoms with Crippen LogP contribution in [0.4, 0.5) is 17.1 Å². The van der Waals surface area contributed by atoms with Gasteiger partial charge in [-0.05, 0) is 175 Å². The Bertz CT molecular complexity index is 3560. The van der Waals surface area contributed by atoms with Crippen molar-refractivity contribution in [3.05, 3.63) is 302 Å². The van der Waals surface area contributed by atoms with Gasteiger partial charge in [0.05, 0.1) is 10.8 Å². The van der Waals surface area contributed by atoms with Crippen molar-refractivity contribution in [2.75, 3.05) is 4.90 Å². The minimum atomic E-state index is -0.578.